The number of hydrogen-bond acceptors (Lipinski definition) is 4. The lowest BCUT2D eigenvalue weighted by Gasteiger charge is -2.10. The van der Waals surface area contributed by atoms with Crippen LogP contribution in [0.2, 0.25) is 0 Å². The molecule has 2 rings (SSSR count). The van der Waals surface area contributed by atoms with Gasteiger partial charge in [-0.1, -0.05) is 36.1 Å². The number of carboxylic acids is 1. The Bertz CT molecular complexity index is 600. The number of carboxylic acid groups (broad SMARTS) is 1. The Balaban J connectivity index is 2.25. The zero-order chi connectivity index (χ0) is 14.0. The monoisotopic (exact) mass is 405 g/mol. The first-order valence-corrected chi connectivity index (χ1v) is 7.50. The summed E-state index contributed by atoms with van der Waals surface area (Å²) in [5, 5.41) is 8.74. The molecule has 1 N–H and O–H groups in total. The zero-order valence-corrected chi connectivity index (χ0v) is 13.3. The highest BCUT2D eigenvalue weighted by Crippen LogP contribution is 2.32. The SMILES string of the molecule is O=C(O)CN1C(=O)C(=Cc2cccc(I)c2)SC1=S. The quantitative estimate of drug-likeness (QED) is 0.476. The molecule has 4 nitrogen and oxygen atoms in total. The fourth-order valence-electron chi connectivity index (χ4n) is 1.52. The molecule has 1 aromatic rings. The molecule has 0 spiro atoms. The summed E-state index contributed by atoms with van der Waals surface area (Å²) < 4.78 is 1.34. The van der Waals surface area contributed by atoms with E-state index >= 15 is 0 Å². The molecule has 98 valence electrons. The van der Waals surface area contributed by atoms with Crippen molar-refractivity contribution in [2.45, 2.75) is 0 Å². The van der Waals surface area contributed by atoms with Crippen LogP contribution in [0.25, 0.3) is 6.08 Å². The maximum absolute atomic E-state index is 12.0. The number of benzene rings is 1. The van der Waals surface area contributed by atoms with Crippen molar-refractivity contribution in [2.24, 2.45) is 0 Å². The molecule has 1 aliphatic heterocycles. The normalized spacial score (nSPS) is 17.3. The second kappa shape index (κ2) is 6.02. The minimum Gasteiger partial charge on any atom is -0.480 e. The molecule has 0 atom stereocenters. The van der Waals surface area contributed by atoms with Crippen molar-refractivity contribution in [1.82, 2.24) is 4.90 Å². The highest BCUT2D eigenvalue weighted by atomic mass is 127. The zero-order valence-electron chi connectivity index (χ0n) is 9.50. The van der Waals surface area contributed by atoms with Crippen LogP contribution in [-0.2, 0) is 9.59 Å². The number of aliphatic carboxylic acids is 1. The summed E-state index contributed by atoms with van der Waals surface area (Å²) in [4.78, 5) is 24.2. The molecule has 0 radical (unpaired) electrons. The Hall–Kier alpha value is -0.930. The van der Waals surface area contributed by atoms with Gasteiger partial charge in [-0.15, -0.1) is 0 Å². The lowest BCUT2D eigenvalue weighted by Crippen LogP contribution is -2.33. The van der Waals surface area contributed by atoms with E-state index in [0.29, 0.717) is 4.91 Å². The van der Waals surface area contributed by atoms with Gasteiger partial charge < -0.3 is 5.11 Å². The maximum atomic E-state index is 12.0. The van der Waals surface area contributed by atoms with Crippen molar-refractivity contribution >= 4 is 68.8 Å². The molecular formula is C12H8INO3S2. The molecule has 1 heterocycles. The topological polar surface area (TPSA) is 57.6 Å². The number of thiocarbonyl (C=S) groups is 1. The third-order valence-corrected chi connectivity index (χ3v) is 4.36. The van der Waals surface area contributed by atoms with Gasteiger partial charge in [0.25, 0.3) is 5.91 Å². The van der Waals surface area contributed by atoms with Crippen LogP contribution in [0.1, 0.15) is 5.56 Å². The van der Waals surface area contributed by atoms with E-state index in [9.17, 15) is 9.59 Å². The number of thioether (sulfide) groups is 1. The number of rotatable bonds is 3. The molecule has 1 saturated heterocycles. The smallest absolute Gasteiger partial charge is 0.323 e. The lowest BCUT2D eigenvalue weighted by molar-refractivity contribution is -0.140. The number of amides is 1. The van der Waals surface area contributed by atoms with Crippen molar-refractivity contribution < 1.29 is 14.7 Å². The van der Waals surface area contributed by atoms with Crippen LogP contribution in [0.5, 0.6) is 0 Å². The van der Waals surface area contributed by atoms with Crippen LogP contribution in [-0.4, -0.2) is 32.7 Å². The number of hydrogen-bond donors (Lipinski definition) is 1. The predicted octanol–water partition coefficient (Wildman–Crippen LogP) is 2.58. The fraction of sp³-hybridized carbons (Fsp3) is 0.0833. The van der Waals surface area contributed by atoms with E-state index in [1.165, 1.54) is 0 Å². The first-order valence-electron chi connectivity index (χ1n) is 5.20. The van der Waals surface area contributed by atoms with Crippen LogP contribution < -0.4 is 0 Å². The Morgan fingerprint density at radius 1 is 1.53 bits per heavy atom. The number of carbonyl (C=O) groups is 2. The van der Waals surface area contributed by atoms with E-state index in [0.717, 1.165) is 25.8 Å². The summed E-state index contributed by atoms with van der Waals surface area (Å²) in [7, 11) is 0. The molecular weight excluding hydrogens is 397 g/mol. The van der Waals surface area contributed by atoms with E-state index in [1.54, 1.807) is 6.08 Å². The average Bonchev–Trinajstić information content (AvgIpc) is 2.57. The third-order valence-electron chi connectivity index (χ3n) is 2.31. The van der Waals surface area contributed by atoms with Crippen LogP contribution in [0.3, 0.4) is 0 Å². The minimum atomic E-state index is -1.08. The summed E-state index contributed by atoms with van der Waals surface area (Å²) >= 11 is 8.33. The van der Waals surface area contributed by atoms with Gasteiger partial charge >= 0.3 is 5.97 Å². The Morgan fingerprint density at radius 2 is 2.26 bits per heavy atom. The van der Waals surface area contributed by atoms with Gasteiger partial charge in [0, 0.05) is 3.57 Å². The highest BCUT2D eigenvalue weighted by Gasteiger charge is 2.33. The molecule has 1 amide bonds. The molecule has 0 unspecified atom stereocenters. The van der Waals surface area contributed by atoms with Gasteiger partial charge in [0.15, 0.2) is 0 Å². The van der Waals surface area contributed by atoms with Crippen LogP contribution in [0.15, 0.2) is 29.2 Å². The van der Waals surface area contributed by atoms with E-state index in [4.69, 9.17) is 17.3 Å². The van der Waals surface area contributed by atoms with Gasteiger partial charge in [-0.3, -0.25) is 14.5 Å². The molecule has 0 saturated carbocycles. The first-order chi connectivity index (χ1) is 8.97. The molecule has 0 aromatic heterocycles. The van der Waals surface area contributed by atoms with Crippen LogP contribution >= 0.6 is 46.6 Å². The Labute approximate surface area is 133 Å². The van der Waals surface area contributed by atoms with Crippen LogP contribution in [0.4, 0.5) is 0 Å². The summed E-state index contributed by atoms with van der Waals surface area (Å²) in [6.07, 6.45) is 1.73. The third kappa shape index (κ3) is 3.54. The van der Waals surface area contributed by atoms with Crippen LogP contribution in [0, 0.1) is 3.57 Å². The van der Waals surface area contributed by atoms with Gasteiger partial charge in [0.1, 0.15) is 10.9 Å². The van der Waals surface area contributed by atoms with Gasteiger partial charge in [-0.25, -0.2) is 0 Å². The van der Waals surface area contributed by atoms with E-state index in [1.807, 2.05) is 24.3 Å². The van der Waals surface area contributed by atoms with E-state index in [-0.39, 0.29) is 10.2 Å². The van der Waals surface area contributed by atoms with Crippen molar-refractivity contribution in [3.8, 4) is 0 Å². The summed E-state index contributed by atoms with van der Waals surface area (Å²) in [5.41, 5.74) is 0.891. The van der Waals surface area contributed by atoms with Crippen molar-refractivity contribution in [1.29, 1.82) is 0 Å². The average molecular weight is 405 g/mol. The second-order valence-corrected chi connectivity index (χ2v) is 6.64. The van der Waals surface area contributed by atoms with Gasteiger partial charge in [-0.2, -0.15) is 0 Å². The highest BCUT2D eigenvalue weighted by molar-refractivity contribution is 14.1. The lowest BCUT2D eigenvalue weighted by atomic mass is 10.2. The summed E-state index contributed by atoms with van der Waals surface area (Å²) in [6, 6.07) is 7.66. The summed E-state index contributed by atoms with van der Waals surface area (Å²) in [6.45, 7) is -0.395. The van der Waals surface area contributed by atoms with Gasteiger partial charge in [-0.05, 0) is 46.4 Å². The van der Waals surface area contributed by atoms with E-state index < -0.39 is 12.5 Å². The van der Waals surface area contributed by atoms with Crippen molar-refractivity contribution in [3.63, 3.8) is 0 Å². The van der Waals surface area contributed by atoms with Crippen molar-refractivity contribution in [2.75, 3.05) is 6.54 Å². The molecule has 0 aliphatic carbocycles. The molecule has 1 aromatic carbocycles. The van der Waals surface area contributed by atoms with Crippen molar-refractivity contribution in [3.05, 3.63) is 38.3 Å². The molecule has 19 heavy (non-hydrogen) atoms. The largest absolute Gasteiger partial charge is 0.480 e. The molecule has 7 heteroatoms. The maximum Gasteiger partial charge on any atom is 0.323 e. The number of carbonyl (C=O) groups excluding carboxylic acids is 1. The fourth-order valence-corrected chi connectivity index (χ4v) is 3.34. The first kappa shape index (κ1) is 14.5. The molecule has 0 bridgehead atoms. The standard InChI is InChI=1S/C12H8INO3S2/c13-8-3-1-2-7(4-8)5-9-11(17)14(6-10(15)16)12(18)19-9/h1-5H,6H2,(H,15,16). The van der Waals surface area contributed by atoms with E-state index in [2.05, 4.69) is 22.6 Å². The minimum absolute atomic E-state index is 0.282. The number of nitrogens with zero attached hydrogens (tertiary/aromatic N) is 1. The second-order valence-electron chi connectivity index (χ2n) is 3.72. The molecule has 1 fully saturated rings. The Kier molecular flexibility index (Phi) is 4.58. The van der Waals surface area contributed by atoms with Gasteiger partial charge in [0.2, 0.25) is 0 Å². The number of halogens is 1. The molecule has 1 aliphatic rings. The Morgan fingerprint density at radius 3 is 2.89 bits per heavy atom. The predicted molar refractivity (Wildman–Crippen MR) is 86.7 cm³/mol. The summed E-state index contributed by atoms with van der Waals surface area (Å²) in [5.74, 6) is -1.43. The van der Waals surface area contributed by atoms with Gasteiger partial charge in [0.05, 0.1) is 4.91 Å².